The Kier molecular flexibility index (Phi) is 3.35. The Labute approximate surface area is 87.4 Å². The van der Waals surface area contributed by atoms with Gasteiger partial charge in [-0.15, -0.1) is 0 Å². The van der Waals surface area contributed by atoms with Crippen molar-refractivity contribution in [3.63, 3.8) is 0 Å². The standard InChI is InChI=1S/C7H2BrClFNS/c8-4-1-6(10)5(9)2-7(4)11-3-12/h1-2H. The fourth-order valence-electron chi connectivity index (χ4n) is 0.647. The van der Waals surface area contributed by atoms with Crippen molar-refractivity contribution in [3.8, 4) is 0 Å². The summed E-state index contributed by atoms with van der Waals surface area (Å²) in [7, 11) is 0. The molecule has 0 aromatic heterocycles. The van der Waals surface area contributed by atoms with Gasteiger partial charge in [0.05, 0.1) is 15.9 Å². The van der Waals surface area contributed by atoms with Crippen LogP contribution in [0.2, 0.25) is 5.02 Å². The van der Waals surface area contributed by atoms with Gasteiger partial charge < -0.3 is 0 Å². The average molecular weight is 267 g/mol. The number of nitrogens with zero attached hydrogens (tertiary/aromatic N) is 1. The highest BCUT2D eigenvalue weighted by Gasteiger charge is 2.04. The Bertz CT molecular complexity index is 363. The Morgan fingerprint density at radius 1 is 1.58 bits per heavy atom. The molecule has 0 unspecified atom stereocenters. The van der Waals surface area contributed by atoms with E-state index < -0.39 is 5.82 Å². The first-order chi connectivity index (χ1) is 5.65. The first-order valence-corrected chi connectivity index (χ1v) is 4.45. The van der Waals surface area contributed by atoms with Crippen LogP contribution in [0.25, 0.3) is 0 Å². The molecular formula is C7H2BrClFNS. The van der Waals surface area contributed by atoms with Crippen LogP contribution in [-0.2, 0) is 0 Å². The largest absolute Gasteiger partial charge is 0.205 e. The minimum absolute atomic E-state index is 0.0159. The molecule has 0 heterocycles. The summed E-state index contributed by atoms with van der Waals surface area (Å²) in [6, 6.07) is 2.61. The van der Waals surface area contributed by atoms with E-state index in [9.17, 15) is 4.39 Å². The van der Waals surface area contributed by atoms with Crippen molar-refractivity contribution in [1.29, 1.82) is 0 Å². The van der Waals surface area contributed by atoms with Crippen molar-refractivity contribution in [2.45, 2.75) is 0 Å². The molecule has 0 fully saturated rings. The van der Waals surface area contributed by atoms with E-state index in [0.29, 0.717) is 10.2 Å². The molecule has 0 aliphatic carbocycles. The molecule has 0 amide bonds. The van der Waals surface area contributed by atoms with Gasteiger partial charge in [0.2, 0.25) is 0 Å². The number of halogens is 3. The molecule has 5 heteroatoms. The van der Waals surface area contributed by atoms with Crippen LogP contribution in [0.1, 0.15) is 0 Å². The number of hydrogen-bond donors (Lipinski definition) is 0. The Hall–Kier alpha value is -0.280. The van der Waals surface area contributed by atoms with E-state index in [0.717, 1.165) is 0 Å². The van der Waals surface area contributed by atoms with Crippen molar-refractivity contribution >= 4 is 50.6 Å². The van der Waals surface area contributed by atoms with Crippen molar-refractivity contribution in [3.05, 3.63) is 27.4 Å². The number of rotatable bonds is 1. The molecule has 1 aromatic carbocycles. The summed E-state index contributed by atoms with van der Waals surface area (Å²) in [5.41, 5.74) is 0.469. The third-order valence-corrected chi connectivity index (χ3v) is 2.17. The van der Waals surface area contributed by atoms with E-state index in [2.05, 4.69) is 38.3 Å². The maximum absolute atomic E-state index is 12.7. The first kappa shape index (κ1) is 9.81. The van der Waals surface area contributed by atoms with Crippen molar-refractivity contribution in [2.75, 3.05) is 0 Å². The molecule has 1 nitrogen and oxygen atoms in total. The second kappa shape index (κ2) is 4.10. The first-order valence-electron chi connectivity index (χ1n) is 2.87. The molecule has 0 aliphatic rings. The topological polar surface area (TPSA) is 12.4 Å². The van der Waals surface area contributed by atoms with Crippen LogP contribution in [-0.4, -0.2) is 5.16 Å². The molecule has 0 atom stereocenters. The van der Waals surface area contributed by atoms with Crippen LogP contribution in [0.15, 0.2) is 21.6 Å². The van der Waals surface area contributed by atoms with Crippen LogP contribution in [0.3, 0.4) is 0 Å². The molecule has 0 saturated heterocycles. The van der Waals surface area contributed by atoms with Gasteiger partial charge in [-0.25, -0.2) is 4.39 Å². The predicted molar refractivity (Wildman–Crippen MR) is 53.8 cm³/mol. The number of hydrogen-bond acceptors (Lipinski definition) is 2. The molecule has 0 radical (unpaired) electrons. The van der Waals surface area contributed by atoms with Crippen LogP contribution >= 0.6 is 39.7 Å². The van der Waals surface area contributed by atoms with E-state index in [-0.39, 0.29) is 5.02 Å². The number of aliphatic imine (C=N–C) groups is 1. The summed E-state index contributed by atoms with van der Waals surface area (Å²) in [5.74, 6) is -0.494. The lowest BCUT2D eigenvalue weighted by Gasteiger charge is -1.98. The van der Waals surface area contributed by atoms with Gasteiger partial charge in [0, 0.05) is 4.47 Å². The van der Waals surface area contributed by atoms with Gasteiger partial charge in [-0.1, -0.05) is 11.6 Å². The average Bonchev–Trinajstić information content (AvgIpc) is 2.01. The molecule has 0 spiro atoms. The van der Waals surface area contributed by atoms with Gasteiger partial charge in [0.1, 0.15) is 5.82 Å². The fourth-order valence-corrected chi connectivity index (χ4v) is 1.31. The zero-order valence-corrected chi connectivity index (χ0v) is 8.80. The van der Waals surface area contributed by atoms with E-state index in [1.807, 2.05) is 0 Å². The smallest absolute Gasteiger partial charge is 0.143 e. The van der Waals surface area contributed by atoms with Crippen molar-refractivity contribution in [1.82, 2.24) is 0 Å². The van der Waals surface area contributed by atoms with E-state index in [1.165, 1.54) is 12.1 Å². The van der Waals surface area contributed by atoms with E-state index >= 15 is 0 Å². The highest BCUT2D eigenvalue weighted by atomic mass is 79.9. The molecule has 0 aliphatic heterocycles. The van der Waals surface area contributed by atoms with Gasteiger partial charge in [-0.3, -0.25) is 0 Å². The third kappa shape index (κ3) is 2.11. The maximum Gasteiger partial charge on any atom is 0.143 e. The minimum atomic E-state index is -0.494. The minimum Gasteiger partial charge on any atom is -0.205 e. The summed E-state index contributed by atoms with van der Waals surface area (Å²) in [5, 5.41) is 2.18. The molecule has 0 bridgehead atoms. The number of isothiocyanates is 1. The molecule has 1 rings (SSSR count). The summed E-state index contributed by atoms with van der Waals surface area (Å²) >= 11 is 13.0. The SMILES string of the molecule is Fc1cc(Br)c(N=C=S)cc1Cl. The molecule has 0 saturated carbocycles. The van der Waals surface area contributed by atoms with Crippen LogP contribution in [0.5, 0.6) is 0 Å². The van der Waals surface area contributed by atoms with E-state index in [4.69, 9.17) is 11.6 Å². The fraction of sp³-hybridized carbons (Fsp3) is 0. The lowest BCUT2D eigenvalue weighted by atomic mass is 10.3. The predicted octanol–water partition coefficient (Wildman–Crippen LogP) is 3.98. The molecule has 1 aromatic rings. The summed E-state index contributed by atoms with van der Waals surface area (Å²) in [4.78, 5) is 3.67. The quantitative estimate of drug-likeness (QED) is 0.425. The second-order valence-corrected chi connectivity index (χ2v) is 3.36. The van der Waals surface area contributed by atoms with Gasteiger partial charge in [0.15, 0.2) is 0 Å². The number of benzene rings is 1. The van der Waals surface area contributed by atoms with Crippen LogP contribution in [0, 0.1) is 5.82 Å². The third-order valence-electron chi connectivity index (χ3n) is 1.16. The summed E-state index contributed by atoms with van der Waals surface area (Å²) in [6.45, 7) is 0. The summed E-state index contributed by atoms with van der Waals surface area (Å²) in [6.07, 6.45) is 0. The molecule has 12 heavy (non-hydrogen) atoms. The number of thiocarbonyl (C=S) groups is 1. The Morgan fingerprint density at radius 3 is 2.83 bits per heavy atom. The normalized spacial score (nSPS) is 9.25. The zero-order chi connectivity index (χ0) is 9.14. The Balaban J connectivity index is 3.32. The van der Waals surface area contributed by atoms with Gasteiger partial charge >= 0.3 is 0 Å². The van der Waals surface area contributed by atoms with Crippen LogP contribution in [0.4, 0.5) is 10.1 Å². The second-order valence-electron chi connectivity index (χ2n) is 1.92. The van der Waals surface area contributed by atoms with E-state index in [1.54, 1.807) is 0 Å². The summed E-state index contributed by atoms with van der Waals surface area (Å²) < 4.78 is 13.3. The monoisotopic (exact) mass is 265 g/mol. The maximum atomic E-state index is 12.7. The van der Waals surface area contributed by atoms with Gasteiger partial charge in [-0.2, -0.15) is 4.99 Å². The highest BCUT2D eigenvalue weighted by Crippen LogP contribution is 2.30. The Morgan fingerprint density at radius 2 is 2.25 bits per heavy atom. The zero-order valence-electron chi connectivity index (χ0n) is 5.64. The highest BCUT2D eigenvalue weighted by molar-refractivity contribution is 9.10. The lowest BCUT2D eigenvalue weighted by Crippen LogP contribution is -1.77. The lowest BCUT2D eigenvalue weighted by molar-refractivity contribution is 0.627. The van der Waals surface area contributed by atoms with Crippen molar-refractivity contribution in [2.24, 2.45) is 4.99 Å². The van der Waals surface area contributed by atoms with Crippen molar-refractivity contribution < 1.29 is 4.39 Å². The van der Waals surface area contributed by atoms with Crippen LogP contribution < -0.4 is 0 Å². The molecule has 62 valence electrons. The van der Waals surface area contributed by atoms with Gasteiger partial charge in [0.25, 0.3) is 0 Å². The van der Waals surface area contributed by atoms with Gasteiger partial charge in [-0.05, 0) is 40.3 Å². The molecular weight excluding hydrogens is 265 g/mol. The molecule has 0 N–H and O–H groups in total.